The summed E-state index contributed by atoms with van der Waals surface area (Å²) in [4.78, 5) is 33.4. The van der Waals surface area contributed by atoms with Gasteiger partial charge in [0.15, 0.2) is 11.2 Å². The Bertz CT molecular complexity index is 1050. The first-order chi connectivity index (χ1) is 11.9. The summed E-state index contributed by atoms with van der Waals surface area (Å²) in [6.45, 7) is 1.92. The van der Waals surface area contributed by atoms with Crippen LogP contribution in [-0.4, -0.2) is 35.4 Å². The molecule has 0 aromatic carbocycles. The van der Waals surface area contributed by atoms with Crippen molar-refractivity contribution in [1.29, 1.82) is 0 Å². The number of ether oxygens (including phenoxy) is 1. The molecular weight excluding hydrogens is 326 g/mol. The lowest BCUT2D eigenvalue weighted by Gasteiger charge is -2.07. The number of hydrogen-bond donors (Lipinski definition) is 1. The van der Waals surface area contributed by atoms with Gasteiger partial charge in [-0.2, -0.15) is 4.98 Å². The smallest absolute Gasteiger partial charge is 0.332 e. The Kier molecular flexibility index (Phi) is 4.41. The van der Waals surface area contributed by atoms with Crippen LogP contribution in [0.1, 0.15) is 12.0 Å². The van der Waals surface area contributed by atoms with Crippen LogP contribution in [0.15, 0.2) is 28.0 Å². The second-order valence-electron chi connectivity index (χ2n) is 5.80. The second kappa shape index (κ2) is 6.52. The van der Waals surface area contributed by atoms with Gasteiger partial charge in [-0.15, -0.1) is 0 Å². The zero-order valence-electron chi connectivity index (χ0n) is 14.3. The molecule has 1 N–H and O–H groups in total. The van der Waals surface area contributed by atoms with E-state index in [0.29, 0.717) is 12.2 Å². The fraction of sp³-hybridized carbons (Fsp3) is 0.375. The first kappa shape index (κ1) is 16.9. The Morgan fingerprint density at radius 3 is 2.64 bits per heavy atom. The molecule has 9 heteroatoms. The summed E-state index contributed by atoms with van der Waals surface area (Å²) >= 11 is 0. The molecule has 0 aliphatic heterocycles. The molecule has 132 valence electrons. The fourth-order valence-corrected chi connectivity index (χ4v) is 2.63. The van der Waals surface area contributed by atoms with Gasteiger partial charge < -0.3 is 9.84 Å². The summed E-state index contributed by atoms with van der Waals surface area (Å²) in [5, 5.41) is 8.97. The average Bonchev–Trinajstić information content (AvgIpc) is 2.90. The van der Waals surface area contributed by atoms with Gasteiger partial charge in [-0.3, -0.25) is 23.5 Å². The minimum Gasteiger partial charge on any atom is -0.424 e. The highest BCUT2D eigenvalue weighted by atomic mass is 16.5. The van der Waals surface area contributed by atoms with Crippen molar-refractivity contribution in [3.8, 4) is 11.8 Å². The molecule has 0 aliphatic rings. The third-order valence-corrected chi connectivity index (χ3v) is 3.92. The summed E-state index contributed by atoms with van der Waals surface area (Å²) in [6, 6.07) is 1.99. The van der Waals surface area contributed by atoms with Crippen molar-refractivity contribution in [2.24, 2.45) is 14.1 Å². The predicted molar refractivity (Wildman–Crippen MR) is 91.0 cm³/mol. The highest BCUT2D eigenvalue weighted by Crippen LogP contribution is 2.22. The summed E-state index contributed by atoms with van der Waals surface area (Å²) in [7, 11) is 3.20. The van der Waals surface area contributed by atoms with Gasteiger partial charge in [0, 0.05) is 33.4 Å². The van der Waals surface area contributed by atoms with Crippen LogP contribution in [0, 0.1) is 6.92 Å². The Labute approximate surface area is 142 Å². The summed E-state index contributed by atoms with van der Waals surface area (Å²) < 4.78 is 9.64. The van der Waals surface area contributed by atoms with Crippen LogP contribution < -0.4 is 16.0 Å². The molecule has 0 radical (unpaired) electrons. The van der Waals surface area contributed by atoms with Crippen molar-refractivity contribution >= 4 is 11.2 Å². The lowest BCUT2D eigenvalue weighted by atomic mass is 10.3. The topological polar surface area (TPSA) is 104 Å². The minimum atomic E-state index is -0.479. The first-order valence-electron chi connectivity index (χ1n) is 7.80. The van der Waals surface area contributed by atoms with Gasteiger partial charge in [0.05, 0.1) is 6.20 Å². The van der Waals surface area contributed by atoms with E-state index in [-0.39, 0.29) is 30.3 Å². The monoisotopic (exact) mass is 345 g/mol. The third kappa shape index (κ3) is 2.93. The van der Waals surface area contributed by atoms with Crippen LogP contribution in [-0.2, 0) is 20.6 Å². The maximum atomic E-state index is 12.7. The van der Waals surface area contributed by atoms with Crippen molar-refractivity contribution < 1.29 is 9.84 Å². The van der Waals surface area contributed by atoms with Gasteiger partial charge in [-0.25, -0.2) is 4.79 Å². The largest absolute Gasteiger partial charge is 0.424 e. The number of aryl methyl sites for hydroxylation is 3. The van der Waals surface area contributed by atoms with Crippen LogP contribution >= 0.6 is 0 Å². The van der Waals surface area contributed by atoms with Crippen LogP contribution in [0.25, 0.3) is 11.2 Å². The second-order valence-corrected chi connectivity index (χ2v) is 5.80. The molecule has 0 saturated heterocycles. The van der Waals surface area contributed by atoms with Crippen molar-refractivity contribution in [2.75, 3.05) is 6.61 Å². The van der Waals surface area contributed by atoms with Crippen LogP contribution in [0.3, 0.4) is 0 Å². The average molecular weight is 345 g/mol. The number of aromatic nitrogens is 5. The number of hydrogen-bond acceptors (Lipinski definition) is 6. The molecule has 25 heavy (non-hydrogen) atoms. The Morgan fingerprint density at radius 2 is 1.96 bits per heavy atom. The van der Waals surface area contributed by atoms with E-state index in [0.717, 1.165) is 10.1 Å². The highest BCUT2D eigenvalue weighted by Gasteiger charge is 2.19. The molecule has 0 fully saturated rings. The van der Waals surface area contributed by atoms with Gasteiger partial charge in [-0.05, 0) is 25.0 Å². The van der Waals surface area contributed by atoms with Gasteiger partial charge in [0.25, 0.3) is 5.56 Å². The maximum Gasteiger partial charge on any atom is 0.332 e. The number of nitrogens with zero attached hydrogens (tertiary/aromatic N) is 5. The molecule has 3 rings (SSSR count). The van der Waals surface area contributed by atoms with Crippen LogP contribution in [0.4, 0.5) is 0 Å². The van der Waals surface area contributed by atoms with E-state index >= 15 is 0 Å². The summed E-state index contributed by atoms with van der Waals surface area (Å²) in [5.74, 6) is 0.490. The molecule has 0 saturated carbocycles. The molecule has 0 spiro atoms. The zero-order chi connectivity index (χ0) is 18.1. The normalized spacial score (nSPS) is 11.2. The van der Waals surface area contributed by atoms with Crippen LogP contribution in [0.2, 0.25) is 0 Å². The van der Waals surface area contributed by atoms with Crippen LogP contribution in [0.5, 0.6) is 11.8 Å². The van der Waals surface area contributed by atoms with E-state index in [4.69, 9.17) is 9.84 Å². The summed E-state index contributed by atoms with van der Waals surface area (Å²) in [6.07, 6.45) is 3.56. The van der Waals surface area contributed by atoms with E-state index in [9.17, 15) is 9.59 Å². The lowest BCUT2D eigenvalue weighted by Crippen LogP contribution is -2.39. The number of rotatable bonds is 5. The highest BCUT2D eigenvalue weighted by molar-refractivity contribution is 5.71. The molecule has 0 bridgehead atoms. The molecule has 3 aromatic rings. The standard InChI is InChI=1S/C16H19N5O4/c1-10-7-11(9-17-8-10)25-15-18-13-12(19(15)2)14(23)21(5-4-6-22)16(24)20(13)3/h7-9,22H,4-6H2,1-3H3. The molecule has 3 aromatic heterocycles. The van der Waals surface area contributed by atoms with Gasteiger partial charge >= 0.3 is 11.7 Å². The fourth-order valence-electron chi connectivity index (χ4n) is 2.63. The molecule has 0 atom stereocenters. The minimum absolute atomic E-state index is 0.103. The molecule has 9 nitrogen and oxygen atoms in total. The van der Waals surface area contributed by atoms with Crippen molar-refractivity contribution in [1.82, 2.24) is 23.7 Å². The number of fused-ring (bicyclic) bond motifs is 1. The Morgan fingerprint density at radius 1 is 1.20 bits per heavy atom. The Balaban J connectivity index is 2.16. The van der Waals surface area contributed by atoms with E-state index in [1.165, 1.54) is 9.13 Å². The molecule has 0 amide bonds. The summed E-state index contributed by atoms with van der Waals surface area (Å²) in [5.41, 5.74) is 0.491. The first-order valence-corrected chi connectivity index (χ1v) is 7.80. The van der Waals surface area contributed by atoms with E-state index in [1.807, 2.05) is 6.92 Å². The van der Waals surface area contributed by atoms with E-state index in [2.05, 4.69) is 9.97 Å². The van der Waals surface area contributed by atoms with Gasteiger partial charge in [0.2, 0.25) is 0 Å². The molecular formula is C16H19N5O4. The lowest BCUT2D eigenvalue weighted by molar-refractivity contribution is 0.277. The quantitative estimate of drug-likeness (QED) is 0.714. The zero-order valence-corrected chi connectivity index (χ0v) is 14.3. The van der Waals surface area contributed by atoms with Gasteiger partial charge in [-0.1, -0.05) is 0 Å². The van der Waals surface area contributed by atoms with Gasteiger partial charge in [0.1, 0.15) is 5.75 Å². The number of imidazole rings is 1. The molecule has 0 unspecified atom stereocenters. The van der Waals surface area contributed by atoms with E-state index < -0.39 is 11.2 Å². The number of aliphatic hydroxyl groups excluding tert-OH is 1. The Hall–Kier alpha value is -2.94. The number of aliphatic hydroxyl groups is 1. The molecule has 0 aliphatic carbocycles. The SMILES string of the molecule is Cc1cncc(Oc2nc3c(c(=O)n(CCCO)c(=O)n3C)n2C)c1. The van der Waals surface area contributed by atoms with E-state index in [1.54, 1.807) is 32.6 Å². The predicted octanol–water partition coefficient (Wildman–Crippen LogP) is 0.312. The van der Waals surface area contributed by atoms with Crippen molar-refractivity contribution in [2.45, 2.75) is 19.9 Å². The number of pyridine rings is 1. The van der Waals surface area contributed by atoms with Crippen molar-refractivity contribution in [3.05, 3.63) is 44.9 Å². The third-order valence-electron chi connectivity index (χ3n) is 3.92. The maximum absolute atomic E-state index is 12.7. The van der Waals surface area contributed by atoms with Crippen molar-refractivity contribution in [3.63, 3.8) is 0 Å². The molecule has 3 heterocycles.